The second-order valence-electron chi connectivity index (χ2n) is 14.2. The van der Waals surface area contributed by atoms with Gasteiger partial charge in [0.25, 0.3) is 0 Å². The van der Waals surface area contributed by atoms with Crippen LogP contribution in [0.4, 0.5) is 11.4 Å². The van der Waals surface area contributed by atoms with Crippen LogP contribution in [0.3, 0.4) is 0 Å². The summed E-state index contributed by atoms with van der Waals surface area (Å²) in [4.78, 5) is 8.35. The number of benzene rings is 8. The van der Waals surface area contributed by atoms with E-state index in [-0.39, 0.29) is 0 Å². The molecule has 0 bridgehead atoms. The van der Waals surface area contributed by atoms with Gasteiger partial charge in [0.1, 0.15) is 22.3 Å². The van der Waals surface area contributed by atoms with Crippen molar-refractivity contribution in [1.82, 2.24) is 9.13 Å². The Kier molecular flexibility index (Phi) is 6.10. The molecule has 0 unspecified atom stereocenters. The lowest BCUT2D eigenvalue weighted by Crippen LogP contribution is -2.06. The molecule has 0 amide bonds. The molecule has 12 rings (SSSR count). The average molecular weight is 715 g/mol. The Labute approximate surface area is 318 Å². The highest BCUT2D eigenvalue weighted by Gasteiger charge is 2.29. The number of hydrogen-bond donors (Lipinski definition) is 0. The molecule has 6 nitrogen and oxygen atoms in total. The molecule has 0 spiro atoms. The van der Waals surface area contributed by atoms with Crippen LogP contribution in [0.15, 0.2) is 167 Å². The molecule has 12 aromatic rings. The molecule has 0 aliphatic heterocycles. The Bertz CT molecular complexity index is 3730. The lowest BCUT2D eigenvalue weighted by Gasteiger charge is -2.23. The van der Waals surface area contributed by atoms with Gasteiger partial charge in [0, 0.05) is 37.9 Å². The smallest absolute Gasteiger partial charge is 0.202 e. The number of hydrogen-bond acceptors (Lipinski definition) is 2. The third-order valence-corrected chi connectivity index (χ3v) is 11.3. The van der Waals surface area contributed by atoms with Crippen molar-refractivity contribution in [2.24, 2.45) is 0 Å². The van der Waals surface area contributed by atoms with Crippen molar-refractivity contribution in [1.29, 1.82) is 0 Å². The Hall–Kier alpha value is -8.06. The summed E-state index contributed by atoms with van der Waals surface area (Å²) in [6.45, 7) is 17.3. The molecule has 0 atom stereocenters. The van der Waals surface area contributed by atoms with Crippen LogP contribution in [0.2, 0.25) is 0 Å². The van der Waals surface area contributed by atoms with E-state index in [1.807, 2.05) is 84.9 Å². The third kappa shape index (κ3) is 3.92. The first-order valence-electron chi connectivity index (χ1n) is 18.4. The van der Waals surface area contributed by atoms with Gasteiger partial charge < -0.3 is 18.0 Å². The van der Waals surface area contributed by atoms with E-state index < -0.39 is 0 Å². The van der Waals surface area contributed by atoms with Gasteiger partial charge in [0.15, 0.2) is 5.69 Å². The molecule has 0 N–H and O–H groups in total. The quantitative estimate of drug-likeness (QED) is 0.171. The minimum absolute atomic E-state index is 0.369. The molecule has 4 heterocycles. The summed E-state index contributed by atoms with van der Waals surface area (Å²) in [5.41, 5.74) is 10.7. The number of nitrogens with zero attached hydrogens (tertiary/aromatic N) is 4. The number of rotatable bonds is 3. The molecule has 56 heavy (non-hydrogen) atoms. The van der Waals surface area contributed by atoms with Gasteiger partial charge >= 0.3 is 0 Å². The fraction of sp³-hybridized carbons (Fsp3) is 0. The molecule has 0 aliphatic carbocycles. The predicted molar refractivity (Wildman–Crippen MR) is 228 cm³/mol. The van der Waals surface area contributed by atoms with Gasteiger partial charge in [-0.1, -0.05) is 103 Å². The molecule has 0 saturated carbocycles. The minimum Gasteiger partial charge on any atom is -0.455 e. The van der Waals surface area contributed by atoms with E-state index in [0.29, 0.717) is 17.1 Å². The topological polar surface area (TPSA) is 44.9 Å². The number of furan rings is 2. The van der Waals surface area contributed by atoms with Gasteiger partial charge in [-0.3, -0.25) is 0 Å². The zero-order valence-corrected chi connectivity index (χ0v) is 29.6. The van der Waals surface area contributed by atoms with Gasteiger partial charge in [0.05, 0.1) is 57.4 Å². The van der Waals surface area contributed by atoms with E-state index in [0.717, 1.165) is 104 Å². The van der Waals surface area contributed by atoms with Crippen molar-refractivity contribution in [3.63, 3.8) is 0 Å². The molecule has 258 valence electrons. The van der Waals surface area contributed by atoms with Gasteiger partial charge in [-0.2, -0.15) is 0 Å². The minimum atomic E-state index is 0.369. The van der Waals surface area contributed by atoms with Gasteiger partial charge in [0.2, 0.25) is 5.69 Å². The van der Waals surface area contributed by atoms with Gasteiger partial charge in [-0.15, -0.1) is 0 Å². The average Bonchev–Trinajstić information content (AvgIpc) is 4.00. The van der Waals surface area contributed by atoms with Crippen LogP contribution < -0.4 is 0 Å². The molecule has 0 radical (unpaired) electrons. The summed E-state index contributed by atoms with van der Waals surface area (Å²) >= 11 is 0. The zero-order chi connectivity index (χ0) is 37.1. The van der Waals surface area contributed by atoms with Crippen molar-refractivity contribution in [3.05, 3.63) is 181 Å². The van der Waals surface area contributed by atoms with Crippen LogP contribution in [-0.2, 0) is 0 Å². The van der Waals surface area contributed by atoms with Crippen molar-refractivity contribution in [2.75, 3.05) is 0 Å². The predicted octanol–water partition coefficient (Wildman–Crippen LogP) is 14.4. The third-order valence-electron chi connectivity index (χ3n) is 11.3. The van der Waals surface area contributed by atoms with Crippen LogP contribution in [0.5, 0.6) is 0 Å². The van der Waals surface area contributed by atoms with E-state index in [4.69, 9.17) is 22.0 Å². The number of para-hydroxylation sites is 4. The molecule has 0 aliphatic rings. The van der Waals surface area contributed by atoms with Crippen LogP contribution >= 0.6 is 0 Å². The van der Waals surface area contributed by atoms with Crippen molar-refractivity contribution < 1.29 is 8.83 Å². The number of aromatic nitrogens is 2. The van der Waals surface area contributed by atoms with E-state index in [2.05, 4.69) is 85.6 Å². The summed E-state index contributed by atoms with van der Waals surface area (Å²) in [5, 5.41) is 8.15. The Morgan fingerprint density at radius 2 is 0.857 bits per heavy atom. The SMILES string of the molecule is [C-]#[N+]c1cc([N+]#[C-])c(-n2c3ccccc3c3c4oc5ccccc5c4ccc32)c(-n2c3ccccc3c3c4oc5ccccc5c4ccc32)c1-c1ccccc1. The second-order valence-corrected chi connectivity index (χ2v) is 14.2. The molecular weight excluding hydrogens is 689 g/mol. The summed E-state index contributed by atoms with van der Waals surface area (Å²) in [5.74, 6) is 0. The summed E-state index contributed by atoms with van der Waals surface area (Å²) in [7, 11) is 0. The first kappa shape index (κ1) is 30.4. The lowest BCUT2D eigenvalue weighted by atomic mass is 9.98. The largest absolute Gasteiger partial charge is 0.455 e. The van der Waals surface area contributed by atoms with Crippen molar-refractivity contribution >= 4 is 98.9 Å². The van der Waals surface area contributed by atoms with Crippen molar-refractivity contribution in [2.45, 2.75) is 0 Å². The van der Waals surface area contributed by atoms with E-state index in [1.54, 1.807) is 6.07 Å². The maximum absolute atomic E-state index is 8.74. The molecule has 8 aromatic carbocycles. The first-order chi connectivity index (χ1) is 27.7. The standard InChI is InChI=1S/C50H26N4O2/c1-51-36-28-37(52-2)47(53-38-20-10-6-18-34(38)45-40(53)26-24-32-30-16-8-12-22-42(30)55-49(32)45)48(44(36)29-14-4-3-5-15-29)54-39-21-11-7-19-35(39)46-41(54)27-25-33-31-17-9-13-23-43(31)56-50(33)46/h3-28H. The summed E-state index contributed by atoms with van der Waals surface area (Å²) in [6, 6.07) is 53.3. The molecule has 6 heteroatoms. The van der Waals surface area contributed by atoms with E-state index >= 15 is 0 Å². The van der Waals surface area contributed by atoms with Crippen LogP contribution in [0.1, 0.15) is 0 Å². The summed E-state index contributed by atoms with van der Waals surface area (Å²) < 4.78 is 17.8. The molecular formula is C50H26N4O2. The van der Waals surface area contributed by atoms with Gasteiger partial charge in [-0.05, 0) is 60.2 Å². The normalized spacial score (nSPS) is 11.9. The second kappa shape index (κ2) is 11.2. The lowest BCUT2D eigenvalue weighted by molar-refractivity contribution is 0.672. The van der Waals surface area contributed by atoms with Crippen LogP contribution in [-0.4, -0.2) is 9.13 Å². The van der Waals surface area contributed by atoms with E-state index in [1.165, 1.54) is 0 Å². The number of fused-ring (bicyclic) bond motifs is 14. The Balaban J connectivity index is 1.33. The molecule has 0 saturated heterocycles. The maximum atomic E-state index is 8.74. The molecule has 0 fully saturated rings. The maximum Gasteiger partial charge on any atom is 0.202 e. The highest BCUT2D eigenvalue weighted by atomic mass is 16.3. The van der Waals surface area contributed by atoms with Crippen molar-refractivity contribution in [3.8, 4) is 22.5 Å². The zero-order valence-electron chi connectivity index (χ0n) is 29.6. The van der Waals surface area contributed by atoms with E-state index in [9.17, 15) is 0 Å². The highest BCUT2D eigenvalue weighted by Crippen LogP contribution is 2.51. The Morgan fingerprint density at radius 1 is 0.393 bits per heavy atom. The van der Waals surface area contributed by atoms with Crippen LogP contribution in [0.25, 0.3) is 120 Å². The monoisotopic (exact) mass is 714 g/mol. The fourth-order valence-electron chi connectivity index (χ4n) is 9.08. The highest BCUT2D eigenvalue weighted by molar-refractivity contribution is 6.26. The molecule has 4 aromatic heterocycles. The first-order valence-corrected chi connectivity index (χ1v) is 18.4. The van der Waals surface area contributed by atoms with Crippen LogP contribution in [0, 0.1) is 13.1 Å². The fourth-order valence-corrected chi connectivity index (χ4v) is 9.08. The van der Waals surface area contributed by atoms with Gasteiger partial charge in [-0.25, -0.2) is 9.69 Å². The Morgan fingerprint density at radius 3 is 1.39 bits per heavy atom. The summed E-state index contributed by atoms with van der Waals surface area (Å²) in [6.07, 6.45) is 0.